The molecule has 0 unspecified atom stereocenters. The van der Waals surface area contributed by atoms with Crippen LogP contribution in [0.2, 0.25) is 5.71 Å². The molecule has 0 bridgehead atoms. The first-order valence-electron chi connectivity index (χ1n) is 7.50. The van der Waals surface area contributed by atoms with Crippen molar-refractivity contribution in [1.82, 2.24) is 0 Å². The van der Waals surface area contributed by atoms with Gasteiger partial charge in [0.05, 0.1) is 0 Å². The van der Waals surface area contributed by atoms with Crippen molar-refractivity contribution in [2.24, 2.45) is 0 Å². The minimum atomic E-state index is -2.44. The van der Waals surface area contributed by atoms with Crippen molar-refractivity contribution in [2.45, 2.75) is 12.6 Å². The zero-order valence-electron chi connectivity index (χ0n) is 13.2. The van der Waals surface area contributed by atoms with Crippen LogP contribution >= 0.6 is 0 Å². The Kier molecular flexibility index (Phi) is 4.57. The topological polar surface area (TPSA) is 9.23 Å². The average molecular weight is 476 g/mol. The van der Waals surface area contributed by atoms with Gasteiger partial charge in [0, 0.05) is 0 Å². The van der Waals surface area contributed by atoms with Gasteiger partial charge in [-0.15, -0.1) is 0 Å². The van der Waals surface area contributed by atoms with E-state index in [1.165, 1.54) is 18.6 Å². The number of rotatable bonds is 1. The summed E-state index contributed by atoms with van der Waals surface area (Å²) >= 11 is -2.44. The van der Waals surface area contributed by atoms with E-state index in [2.05, 4.69) is 85.4 Å². The molecule has 1 nitrogen and oxygen atoms in total. The third-order valence-electron chi connectivity index (χ3n) is 4.43. The number of para-hydroxylation sites is 2. The first-order chi connectivity index (χ1) is 10.7. The standard InChI is InChI=1S/C20H18AsO.HI/c1-15-8-7-9-16(14-15)21(2)17-10-3-5-12-19(17)22-20-13-6-4-11-18(20)21;/h3-14H,1-2H3;1H/q+1;/p-1. The second-order valence-electron chi connectivity index (χ2n) is 5.88. The SMILES string of the molecule is Cc1cccc([As+]2(C)c3ccccc3Oc3ccccc32)c1.[I-]. The normalized spacial score (nSPS) is 14.0. The number of hydrogen-bond donors (Lipinski definition) is 0. The zero-order chi connectivity index (χ0) is 15.2. The van der Waals surface area contributed by atoms with E-state index in [1.807, 2.05) is 0 Å². The monoisotopic (exact) mass is 476 g/mol. The Morgan fingerprint density at radius 3 is 1.87 bits per heavy atom. The number of halogens is 1. The summed E-state index contributed by atoms with van der Waals surface area (Å²) in [5.74, 6) is 2.05. The molecule has 1 aliphatic heterocycles. The van der Waals surface area contributed by atoms with Gasteiger partial charge in [0.2, 0.25) is 0 Å². The third kappa shape index (κ3) is 2.62. The van der Waals surface area contributed by atoms with E-state index < -0.39 is 13.6 Å². The summed E-state index contributed by atoms with van der Waals surface area (Å²) in [6.07, 6.45) is 0. The van der Waals surface area contributed by atoms with Gasteiger partial charge in [-0.2, -0.15) is 0 Å². The molecule has 0 saturated heterocycles. The Labute approximate surface area is 157 Å². The molecule has 1 aliphatic rings. The van der Waals surface area contributed by atoms with Gasteiger partial charge in [-0.1, -0.05) is 0 Å². The Hall–Kier alpha value is -1.25. The van der Waals surface area contributed by atoms with Gasteiger partial charge in [-0.3, -0.25) is 0 Å². The molecule has 116 valence electrons. The number of aryl methyl sites for hydroxylation is 1. The molecule has 3 aromatic carbocycles. The van der Waals surface area contributed by atoms with Crippen molar-refractivity contribution in [3.8, 4) is 11.5 Å². The summed E-state index contributed by atoms with van der Waals surface area (Å²) < 4.78 is 10.4. The van der Waals surface area contributed by atoms with Gasteiger partial charge in [0.25, 0.3) is 0 Å². The molecule has 0 amide bonds. The van der Waals surface area contributed by atoms with Crippen molar-refractivity contribution < 1.29 is 28.7 Å². The zero-order valence-corrected chi connectivity index (χ0v) is 17.2. The van der Waals surface area contributed by atoms with Gasteiger partial charge in [0.1, 0.15) is 0 Å². The van der Waals surface area contributed by atoms with Gasteiger partial charge in [-0.25, -0.2) is 0 Å². The predicted molar refractivity (Wildman–Crippen MR) is 94.7 cm³/mol. The number of fused-ring (bicyclic) bond motifs is 2. The Balaban J connectivity index is 0.00000156. The molecule has 0 saturated carbocycles. The van der Waals surface area contributed by atoms with Gasteiger partial charge in [0.15, 0.2) is 0 Å². The summed E-state index contributed by atoms with van der Waals surface area (Å²) in [7, 11) is 0. The van der Waals surface area contributed by atoms with E-state index in [1.54, 1.807) is 0 Å². The maximum absolute atomic E-state index is 6.17. The molecule has 3 aromatic rings. The summed E-state index contributed by atoms with van der Waals surface area (Å²) in [6, 6.07) is 26.1. The van der Waals surface area contributed by atoms with E-state index in [0.717, 1.165) is 11.5 Å². The van der Waals surface area contributed by atoms with Crippen molar-refractivity contribution in [1.29, 1.82) is 0 Å². The van der Waals surface area contributed by atoms with Crippen LogP contribution in [0.25, 0.3) is 0 Å². The minimum absolute atomic E-state index is 0. The van der Waals surface area contributed by atoms with E-state index >= 15 is 0 Å². The number of ether oxygens (including phenoxy) is 1. The van der Waals surface area contributed by atoms with Crippen LogP contribution in [-0.4, -0.2) is 13.6 Å². The van der Waals surface area contributed by atoms with Crippen LogP contribution in [-0.2, 0) is 0 Å². The molecule has 0 N–H and O–H groups in total. The summed E-state index contributed by atoms with van der Waals surface area (Å²) in [6.45, 7) is 2.17. The van der Waals surface area contributed by atoms with Crippen molar-refractivity contribution in [3.63, 3.8) is 0 Å². The molecule has 0 radical (unpaired) electrons. The molecular formula is C20H18AsIO. The smallest absolute Gasteiger partial charge is 1.00 e. The van der Waals surface area contributed by atoms with Crippen LogP contribution < -0.4 is 41.8 Å². The maximum Gasteiger partial charge on any atom is -1.00 e. The fourth-order valence-electron chi connectivity index (χ4n) is 3.26. The third-order valence-corrected chi connectivity index (χ3v) is 12.8. The van der Waals surface area contributed by atoms with Crippen molar-refractivity contribution >= 4 is 26.6 Å². The van der Waals surface area contributed by atoms with Gasteiger partial charge in [-0.05, 0) is 0 Å². The average Bonchev–Trinajstić information content (AvgIpc) is 2.55. The molecule has 1 heterocycles. The van der Waals surface area contributed by atoms with Crippen molar-refractivity contribution in [3.05, 3.63) is 78.4 Å². The Morgan fingerprint density at radius 2 is 1.30 bits per heavy atom. The minimum Gasteiger partial charge on any atom is -1.00 e. The fraction of sp³-hybridized carbons (Fsp3) is 0.100. The largest absolute Gasteiger partial charge is 1.00 e. The quantitative estimate of drug-likeness (QED) is 0.361. The van der Waals surface area contributed by atoms with Gasteiger partial charge >= 0.3 is 134 Å². The van der Waals surface area contributed by atoms with E-state index in [9.17, 15) is 0 Å². The maximum atomic E-state index is 6.17. The van der Waals surface area contributed by atoms with Crippen LogP contribution in [0.15, 0.2) is 72.8 Å². The van der Waals surface area contributed by atoms with Crippen LogP contribution in [0.1, 0.15) is 5.56 Å². The molecule has 23 heavy (non-hydrogen) atoms. The summed E-state index contributed by atoms with van der Waals surface area (Å²) in [4.78, 5) is 0. The fourth-order valence-corrected chi connectivity index (χ4v) is 10.7. The molecular weight excluding hydrogens is 458 g/mol. The molecule has 0 aromatic heterocycles. The van der Waals surface area contributed by atoms with E-state index in [4.69, 9.17) is 4.74 Å². The Morgan fingerprint density at radius 1 is 0.739 bits per heavy atom. The molecule has 0 atom stereocenters. The number of hydrogen-bond acceptors (Lipinski definition) is 1. The molecule has 0 fully saturated rings. The van der Waals surface area contributed by atoms with Crippen LogP contribution in [0.4, 0.5) is 0 Å². The molecule has 0 aliphatic carbocycles. The van der Waals surface area contributed by atoms with E-state index in [0.29, 0.717) is 0 Å². The first-order valence-corrected chi connectivity index (χ1v) is 12.2. The van der Waals surface area contributed by atoms with Crippen LogP contribution in [0.5, 0.6) is 11.5 Å². The molecule has 0 spiro atoms. The predicted octanol–water partition coefficient (Wildman–Crippen LogP) is 0.205. The van der Waals surface area contributed by atoms with E-state index in [-0.39, 0.29) is 24.0 Å². The second-order valence-corrected chi connectivity index (χ2v) is 13.2. The second kappa shape index (κ2) is 6.33. The molecule has 3 heteroatoms. The Bertz CT molecular complexity index is 814. The first kappa shape index (κ1) is 16.6. The van der Waals surface area contributed by atoms with Crippen LogP contribution in [0.3, 0.4) is 0 Å². The van der Waals surface area contributed by atoms with Crippen molar-refractivity contribution in [2.75, 3.05) is 0 Å². The number of benzene rings is 3. The van der Waals surface area contributed by atoms with Gasteiger partial charge < -0.3 is 24.0 Å². The summed E-state index contributed by atoms with van der Waals surface area (Å²) in [5.41, 5.74) is 3.79. The van der Waals surface area contributed by atoms with Crippen LogP contribution in [0, 0.1) is 6.92 Å². The summed E-state index contributed by atoms with van der Waals surface area (Å²) in [5, 5.41) is 0. The molecule has 4 rings (SSSR count).